The van der Waals surface area contributed by atoms with Crippen molar-refractivity contribution in [3.05, 3.63) is 108 Å². The van der Waals surface area contributed by atoms with Crippen LogP contribution in [0.3, 0.4) is 0 Å². The highest BCUT2D eigenvalue weighted by molar-refractivity contribution is 7.80. The molecule has 2 aromatic heterocycles. The second-order valence-electron chi connectivity index (χ2n) is 8.52. The first kappa shape index (κ1) is 23.6. The standard InChI is InChI=1S/C28H26N4O3S/c33-27(34)21-12-5-4-11-20(21)23-14-15-24(35-23)26-25(22-13-6-7-16-30-22)31-28(36)32(26)18-8-17-29-19-9-2-1-3-10-19/h1-7,9-16,25-26,29H,8,17-18H2,(H,31,36)(H,33,34). The van der Waals surface area contributed by atoms with Crippen LogP contribution in [-0.2, 0) is 0 Å². The number of benzene rings is 2. The Morgan fingerprint density at radius 1 is 1.03 bits per heavy atom. The molecule has 1 fully saturated rings. The van der Waals surface area contributed by atoms with E-state index in [-0.39, 0.29) is 17.6 Å². The van der Waals surface area contributed by atoms with Gasteiger partial charge in [-0.05, 0) is 61.1 Å². The van der Waals surface area contributed by atoms with Gasteiger partial charge in [-0.2, -0.15) is 0 Å². The zero-order valence-electron chi connectivity index (χ0n) is 19.5. The Hall–Kier alpha value is -4.17. The van der Waals surface area contributed by atoms with E-state index < -0.39 is 5.97 Å². The molecule has 3 heterocycles. The molecule has 36 heavy (non-hydrogen) atoms. The predicted octanol–water partition coefficient (Wildman–Crippen LogP) is 5.51. The molecule has 0 bridgehead atoms. The molecule has 2 aromatic carbocycles. The minimum atomic E-state index is -0.994. The third-order valence-electron chi connectivity index (χ3n) is 6.22. The van der Waals surface area contributed by atoms with Gasteiger partial charge in [0.05, 0.1) is 17.3 Å². The number of nitrogens with zero attached hydrogens (tertiary/aromatic N) is 2. The molecule has 1 saturated heterocycles. The fourth-order valence-electron chi connectivity index (χ4n) is 4.53. The summed E-state index contributed by atoms with van der Waals surface area (Å²) in [5.74, 6) is 0.210. The van der Waals surface area contributed by atoms with Gasteiger partial charge in [-0.25, -0.2) is 4.79 Å². The predicted molar refractivity (Wildman–Crippen MR) is 143 cm³/mol. The number of aromatic carboxylic acids is 1. The van der Waals surface area contributed by atoms with Crippen LogP contribution in [0.4, 0.5) is 5.69 Å². The number of thiocarbonyl (C=S) groups is 1. The molecule has 8 heteroatoms. The lowest BCUT2D eigenvalue weighted by molar-refractivity contribution is 0.0697. The maximum absolute atomic E-state index is 11.7. The van der Waals surface area contributed by atoms with Crippen LogP contribution >= 0.6 is 12.2 Å². The number of nitrogens with one attached hydrogen (secondary N) is 2. The second-order valence-corrected chi connectivity index (χ2v) is 8.91. The zero-order chi connectivity index (χ0) is 24.9. The summed E-state index contributed by atoms with van der Waals surface area (Å²) >= 11 is 5.74. The number of para-hydroxylation sites is 1. The Bertz CT molecular complexity index is 1340. The number of carboxylic acids is 1. The third kappa shape index (κ3) is 4.94. The van der Waals surface area contributed by atoms with Gasteiger partial charge in [0.25, 0.3) is 0 Å². The maximum atomic E-state index is 11.7. The van der Waals surface area contributed by atoms with E-state index in [1.165, 1.54) is 0 Å². The molecular weight excluding hydrogens is 472 g/mol. The van der Waals surface area contributed by atoms with Crippen LogP contribution in [0.5, 0.6) is 0 Å². The van der Waals surface area contributed by atoms with Crippen LogP contribution in [-0.4, -0.2) is 39.2 Å². The van der Waals surface area contributed by atoms with E-state index >= 15 is 0 Å². The summed E-state index contributed by atoms with van der Waals surface area (Å²) < 4.78 is 6.30. The number of hydrogen-bond donors (Lipinski definition) is 3. The Morgan fingerprint density at radius 2 is 1.81 bits per heavy atom. The second kappa shape index (κ2) is 10.6. The summed E-state index contributed by atoms with van der Waals surface area (Å²) in [6, 6.07) is 26.0. The topological polar surface area (TPSA) is 90.6 Å². The van der Waals surface area contributed by atoms with Crippen LogP contribution in [0.15, 0.2) is 95.5 Å². The highest BCUT2D eigenvalue weighted by Crippen LogP contribution is 2.40. The summed E-state index contributed by atoms with van der Waals surface area (Å²) in [5, 5.41) is 17.1. The lowest BCUT2D eigenvalue weighted by Gasteiger charge is -2.26. The number of pyridine rings is 1. The van der Waals surface area contributed by atoms with Gasteiger partial charge in [-0.3, -0.25) is 4.98 Å². The van der Waals surface area contributed by atoms with Crippen LogP contribution < -0.4 is 10.6 Å². The van der Waals surface area contributed by atoms with Crippen molar-refractivity contribution in [3.8, 4) is 11.3 Å². The quantitative estimate of drug-likeness (QED) is 0.205. The van der Waals surface area contributed by atoms with Gasteiger partial charge in [0, 0.05) is 30.5 Å². The number of furan rings is 1. The molecule has 5 rings (SSSR count). The Kier molecular flexibility index (Phi) is 6.95. The van der Waals surface area contributed by atoms with Gasteiger partial charge < -0.3 is 25.1 Å². The SMILES string of the molecule is O=C(O)c1ccccc1-c1ccc(C2C(c3ccccn3)NC(=S)N2CCCNc2ccccc2)o1. The fraction of sp³-hybridized carbons (Fsp3) is 0.179. The first-order valence-electron chi connectivity index (χ1n) is 11.8. The average molecular weight is 499 g/mol. The lowest BCUT2D eigenvalue weighted by Crippen LogP contribution is -2.31. The highest BCUT2D eigenvalue weighted by atomic mass is 32.1. The highest BCUT2D eigenvalue weighted by Gasteiger charge is 2.41. The van der Waals surface area contributed by atoms with Crippen molar-refractivity contribution in [1.82, 2.24) is 15.2 Å². The van der Waals surface area contributed by atoms with E-state index in [9.17, 15) is 9.90 Å². The fourth-order valence-corrected chi connectivity index (χ4v) is 4.87. The zero-order valence-corrected chi connectivity index (χ0v) is 20.3. The van der Waals surface area contributed by atoms with Crippen molar-refractivity contribution >= 4 is 29.0 Å². The van der Waals surface area contributed by atoms with Gasteiger partial charge in [0.1, 0.15) is 17.6 Å². The Balaban J connectivity index is 1.41. The van der Waals surface area contributed by atoms with Crippen LogP contribution in [0.1, 0.15) is 40.3 Å². The molecule has 0 aliphatic carbocycles. The lowest BCUT2D eigenvalue weighted by atomic mass is 10.0. The number of anilines is 1. The van der Waals surface area contributed by atoms with Gasteiger partial charge in [0.2, 0.25) is 0 Å². The van der Waals surface area contributed by atoms with Crippen LogP contribution in [0.25, 0.3) is 11.3 Å². The monoisotopic (exact) mass is 498 g/mol. The van der Waals surface area contributed by atoms with Crippen molar-refractivity contribution in [2.45, 2.75) is 18.5 Å². The smallest absolute Gasteiger partial charge is 0.336 e. The van der Waals surface area contributed by atoms with Crippen molar-refractivity contribution < 1.29 is 14.3 Å². The Labute approximate surface area is 214 Å². The molecular formula is C28H26N4O3S. The Morgan fingerprint density at radius 3 is 2.58 bits per heavy atom. The molecule has 0 spiro atoms. The minimum Gasteiger partial charge on any atom is -0.478 e. The van der Waals surface area contributed by atoms with Gasteiger partial charge in [-0.15, -0.1) is 0 Å². The van der Waals surface area contributed by atoms with E-state index in [1.807, 2.05) is 60.7 Å². The van der Waals surface area contributed by atoms with Crippen molar-refractivity contribution in [2.24, 2.45) is 0 Å². The van der Waals surface area contributed by atoms with E-state index in [1.54, 1.807) is 30.5 Å². The molecule has 3 N–H and O–H groups in total. The molecule has 0 amide bonds. The first-order valence-corrected chi connectivity index (χ1v) is 12.2. The van der Waals surface area contributed by atoms with E-state index in [0.717, 1.165) is 24.3 Å². The molecule has 4 aromatic rings. The molecule has 1 aliphatic heterocycles. The largest absolute Gasteiger partial charge is 0.478 e. The van der Waals surface area contributed by atoms with Gasteiger partial charge in [0.15, 0.2) is 5.11 Å². The van der Waals surface area contributed by atoms with Crippen molar-refractivity contribution in [3.63, 3.8) is 0 Å². The van der Waals surface area contributed by atoms with E-state index in [0.29, 0.717) is 28.7 Å². The molecule has 182 valence electrons. The number of aromatic nitrogens is 1. The summed E-state index contributed by atoms with van der Waals surface area (Å²) in [7, 11) is 0. The number of rotatable bonds is 9. The summed E-state index contributed by atoms with van der Waals surface area (Å²) in [6.07, 6.45) is 2.62. The summed E-state index contributed by atoms with van der Waals surface area (Å²) in [5.41, 5.74) is 2.68. The minimum absolute atomic E-state index is 0.198. The number of carbonyl (C=O) groups is 1. The van der Waals surface area contributed by atoms with E-state index in [4.69, 9.17) is 16.6 Å². The average Bonchev–Trinajstić information content (AvgIpc) is 3.52. The van der Waals surface area contributed by atoms with Crippen molar-refractivity contribution in [1.29, 1.82) is 0 Å². The molecule has 1 aliphatic rings. The maximum Gasteiger partial charge on any atom is 0.336 e. The molecule has 2 atom stereocenters. The van der Waals surface area contributed by atoms with Gasteiger partial charge in [-0.1, -0.05) is 42.5 Å². The number of hydrogen-bond acceptors (Lipinski definition) is 5. The van der Waals surface area contributed by atoms with Gasteiger partial charge >= 0.3 is 5.97 Å². The van der Waals surface area contributed by atoms with Crippen LogP contribution in [0.2, 0.25) is 0 Å². The summed E-state index contributed by atoms with van der Waals surface area (Å²) in [6.45, 7) is 1.50. The van der Waals surface area contributed by atoms with Crippen LogP contribution in [0, 0.1) is 0 Å². The molecule has 0 saturated carbocycles. The third-order valence-corrected chi connectivity index (χ3v) is 6.57. The van der Waals surface area contributed by atoms with E-state index in [2.05, 4.69) is 20.5 Å². The van der Waals surface area contributed by atoms with Crippen molar-refractivity contribution in [2.75, 3.05) is 18.4 Å². The number of carboxylic acid groups (broad SMARTS) is 1. The molecule has 7 nitrogen and oxygen atoms in total. The molecule has 2 unspecified atom stereocenters. The first-order chi connectivity index (χ1) is 17.6. The summed E-state index contributed by atoms with van der Waals surface area (Å²) in [4.78, 5) is 18.4. The molecule has 0 radical (unpaired) electrons. The normalized spacial score (nSPS) is 17.1.